The van der Waals surface area contributed by atoms with Crippen molar-refractivity contribution in [3.63, 3.8) is 0 Å². The van der Waals surface area contributed by atoms with Crippen LogP contribution in [0.25, 0.3) is 11.3 Å². The molecule has 1 aliphatic heterocycles. The maximum Gasteiger partial charge on any atom is 0.247 e. The predicted octanol–water partition coefficient (Wildman–Crippen LogP) is 6.05. The smallest absolute Gasteiger partial charge is 0.247 e. The molecule has 7 nitrogen and oxygen atoms in total. The van der Waals surface area contributed by atoms with Gasteiger partial charge in [0.15, 0.2) is 5.69 Å². The van der Waals surface area contributed by atoms with Crippen molar-refractivity contribution in [1.82, 2.24) is 15.2 Å². The molecule has 2 aromatic carbocycles. The molecule has 0 spiro atoms. The molecule has 2 heterocycles. The average Bonchev–Trinajstić information content (AvgIpc) is 3.02. The Labute approximate surface area is 204 Å². The zero-order valence-electron chi connectivity index (χ0n) is 19.9. The second-order valence-electron chi connectivity index (χ2n) is 7.97. The molecule has 1 atom stereocenters. The highest BCUT2D eigenvalue weighted by Crippen LogP contribution is 2.43. The molecule has 0 radical (unpaired) electrons. The van der Waals surface area contributed by atoms with E-state index in [0.717, 1.165) is 47.6 Å². The SMILES string of the molecule is CCCCSc1nnc2c(n1)OC(c1ccc(OCCC)cc1)N(C(=O)CC)c1ccccc1-2. The molecular formula is C26H30N4O3S. The molecule has 8 heteroatoms. The van der Waals surface area contributed by atoms with Crippen molar-refractivity contribution in [3.05, 3.63) is 54.1 Å². The quantitative estimate of drug-likeness (QED) is 0.273. The number of aromatic nitrogens is 3. The highest BCUT2D eigenvalue weighted by Gasteiger charge is 2.35. The molecule has 178 valence electrons. The van der Waals surface area contributed by atoms with Gasteiger partial charge in [0.1, 0.15) is 5.75 Å². The fourth-order valence-corrected chi connectivity index (χ4v) is 4.55. The van der Waals surface area contributed by atoms with Crippen LogP contribution >= 0.6 is 11.8 Å². The normalized spacial score (nSPS) is 14.6. The third kappa shape index (κ3) is 5.17. The van der Waals surface area contributed by atoms with Crippen LogP contribution in [0.4, 0.5) is 5.69 Å². The summed E-state index contributed by atoms with van der Waals surface area (Å²) in [5.41, 5.74) is 2.86. The monoisotopic (exact) mass is 478 g/mol. The van der Waals surface area contributed by atoms with Crippen LogP contribution in [0.1, 0.15) is 58.2 Å². The van der Waals surface area contributed by atoms with Crippen molar-refractivity contribution in [2.45, 2.75) is 57.8 Å². The van der Waals surface area contributed by atoms with E-state index in [1.54, 1.807) is 16.7 Å². The number of unbranched alkanes of at least 4 members (excludes halogenated alkanes) is 1. The van der Waals surface area contributed by atoms with E-state index in [0.29, 0.717) is 29.8 Å². The standard InChI is InChI=1S/C26H30N4O3S/c1-4-7-17-34-26-27-24-23(28-29-26)20-10-8-9-11-21(20)30(22(31)6-3)25(33-24)18-12-14-19(15-13-18)32-16-5-2/h8-15,25H,4-7,16-17H2,1-3H3. The van der Waals surface area contributed by atoms with E-state index in [4.69, 9.17) is 14.5 Å². The van der Waals surface area contributed by atoms with E-state index in [9.17, 15) is 4.79 Å². The van der Waals surface area contributed by atoms with Crippen molar-refractivity contribution in [2.24, 2.45) is 0 Å². The molecule has 3 aromatic rings. The minimum Gasteiger partial charge on any atom is -0.494 e. The van der Waals surface area contributed by atoms with Crippen LogP contribution in [-0.2, 0) is 4.79 Å². The summed E-state index contributed by atoms with van der Waals surface area (Å²) >= 11 is 1.56. The van der Waals surface area contributed by atoms with Gasteiger partial charge in [-0.05, 0) is 43.2 Å². The van der Waals surface area contributed by atoms with E-state index in [1.807, 2.05) is 55.5 Å². The second kappa shape index (κ2) is 11.3. The number of amides is 1. The molecule has 0 bridgehead atoms. The number of nitrogens with zero attached hydrogens (tertiary/aromatic N) is 4. The predicted molar refractivity (Wildman–Crippen MR) is 134 cm³/mol. The van der Waals surface area contributed by atoms with Crippen LogP contribution < -0.4 is 14.4 Å². The van der Waals surface area contributed by atoms with Gasteiger partial charge in [-0.2, -0.15) is 4.98 Å². The number of thioether (sulfide) groups is 1. The number of rotatable bonds is 9. The molecule has 0 saturated heterocycles. The van der Waals surface area contributed by atoms with Crippen LogP contribution in [0.5, 0.6) is 11.6 Å². The molecule has 1 aliphatic rings. The molecule has 4 rings (SSSR count). The first kappa shape index (κ1) is 24.0. The van der Waals surface area contributed by atoms with Crippen LogP contribution in [0.2, 0.25) is 0 Å². The van der Waals surface area contributed by atoms with Crippen LogP contribution in [0, 0.1) is 0 Å². The van der Waals surface area contributed by atoms with Gasteiger partial charge >= 0.3 is 0 Å². The van der Waals surface area contributed by atoms with E-state index in [1.165, 1.54) is 0 Å². The van der Waals surface area contributed by atoms with E-state index < -0.39 is 6.23 Å². The number of benzene rings is 2. The number of ether oxygens (including phenoxy) is 2. The molecule has 0 saturated carbocycles. The van der Waals surface area contributed by atoms with Gasteiger partial charge in [0.2, 0.25) is 23.2 Å². The number of fused-ring (bicyclic) bond motifs is 3. The molecule has 0 aliphatic carbocycles. The Hall–Kier alpha value is -3.13. The number of anilines is 1. The number of para-hydroxylation sites is 1. The fraction of sp³-hybridized carbons (Fsp3) is 0.385. The highest BCUT2D eigenvalue weighted by molar-refractivity contribution is 7.99. The summed E-state index contributed by atoms with van der Waals surface area (Å²) in [6.45, 7) is 6.73. The lowest BCUT2D eigenvalue weighted by Gasteiger charge is -2.30. The minimum atomic E-state index is -0.694. The van der Waals surface area contributed by atoms with Gasteiger partial charge in [-0.3, -0.25) is 9.69 Å². The largest absolute Gasteiger partial charge is 0.494 e. The minimum absolute atomic E-state index is 0.0536. The summed E-state index contributed by atoms with van der Waals surface area (Å²) in [6, 6.07) is 15.4. The second-order valence-corrected chi connectivity index (χ2v) is 9.03. The Balaban J connectivity index is 1.79. The lowest BCUT2D eigenvalue weighted by atomic mass is 10.1. The average molecular weight is 479 g/mol. The maximum atomic E-state index is 13.2. The van der Waals surface area contributed by atoms with Crippen LogP contribution in [-0.4, -0.2) is 33.4 Å². The zero-order valence-corrected chi connectivity index (χ0v) is 20.7. The Morgan fingerprint density at radius 2 is 1.85 bits per heavy atom. The Morgan fingerprint density at radius 3 is 2.59 bits per heavy atom. The fourth-order valence-electron chi connectivity index (χ4n) is 3.69. The van der Waals surface area contributed by atoms with Gasteiger partial charge in [-0.25, -0.2) is 0 Å². The first-order valence-electron chi connectivity index (χ1n) is 11.8. The Morgan fingerprint density at radius 1 is 1.06 bits per heavy atom. The summed E-state index contributed by atoms with van der Waals surface area (Å²) in [6.07, 6.45) is 2.75. The molecule has 1 aromatic heterocycles. The maximum absolute atomic E-state index is 13.2. The summed E-state index contributed by atoms with van der Waals surface area (Å²) in [5.74, 6) is 2.02. The number of hydrogen-bond acceptors (Lipinski definition) is 7. The summed E-state index contributed by atoms with van der Waals surface area (Å²) in [7, 11) is 0. The number of carbonyl (C=O) groups excluding carboxylic acids is 1. The molecular weight excluding hydrogens is 448 g/mol. The van der Waals surface area contributed by atoms with Crippen molar-refractivity contribution in [3.8, 4) is 22.9 Å². The van der Waals surface area contributed by atoms with Crippen molar-refractivity contribution in [2.75, 3.05) is 17.3 Å². The zero-order chi connectivity index (χ0) is 23.9. The summed E-state index contributed by atoms with van der Waals surface area (Å²) in [5, 5.41) is 9.38. The third-order valence-electron chi connectivity index (χ3n) is 5.45. The van der Waals surface area contributed by atoms with Crippen molar-refractivity contribution in [1.29, 1.82) is 0 Å². The molecule has 0 N–H and O–H groups in total. The van der Waals surface area contributed by atoms with Gasteiger partial charge in [-0.1, -0.05) is 57.2 Å². The Bertz CT molecular complexity index is 1120. The first-order valence-corrected chi connectivity index (χ1v) is 12.8. The van der Waals surface area contributed by atoms with Gasteiger partial charge in [-0.15, -0.1) is 10.2 Å². The topological polar surface area (TPSA) is 77.4 Å². The van der Waals surface area contributed by atoms with Gasteiger partial charge in [0.25, 0.3) is 0 Å². The van der Waals surface area contributed by atoms with Gasteiger partial charge in [0.05, 0.1) is 12.3 Å². The van der Waals surface area contributed by atoms with Crippen molar-refractivity contribution >= 4 is 23.4 Å². The van der Waals surface area contributed by atoms with E-state index in [-0.39, 0.29) is 5.91 Å². The van der Waals surface area contributed by atoms with Crippen LogP contribution in [0.3, 0.4) is 0 Å². The lowest BCUT2D eigenvalue weighted by Crippen LogP contribution is -2.37. The summed E-state index contributed by atoms with van der Waals surface area (Å²) < 4.78 is 12.2. The number of hydrogen-bond donors (Lipinski definition) is 0. The van der Waals surface area contributed by atoms with Crippen LogP contribution in [0.15, 0.2) is 53.7 Å². The van der Waals surface area contributed by atoms with Crippen molar-refractivity contribution < 1.29 is 14.3 Å². The molecule has 34 heavy (non-hydrogen) atoms. The number of carbonyl (C=O) groups is 1. The molecule has 1 unspecified atom stereocenters. The lowest BCUT2D eigenvalue weighted by molar-refractivity contribution is -0.120. The van der Waals surface area contributed by atoms with E-state index >= 15 is 0 Å². The molecule has 0 fully saturated rings. The third-order valence-corrected chi connectivity index (χ3v) is 6.37. The van der Waals surface area contributed by atoms with Gasteiger partial charge in [0, 0.05) is 23.3 Å². The highest BCUT2D eigenvalue weighted by atomic mass is 32.2. The summed E-state index contributed by atoms with van der Waals surface area (Å²) in [4.78, 5) is 19.6. The Kier molecular flexibility index (Phi) is 8.00. The van der Waals surface area contributed by atoms with Gasteiger partial charge < -0.3 is 9.47 Å². The first-order chi connectivity index (χ1) is 16.7. The molecule has 1 amide bonds. The van der Waals surface area contributed by atoms with E-state index in [2.05, 4.69) is 24.0 Å².